The van der Waals surface area contributed by atoms with Gasteiger partial charge in [0.1, 0.15) is 5.75 Å². The van der Waals surface area contributed by atoms with Crippen LogP contribution in [0.15, 0.2) is 36.4 Å². The van der Waals surface area contributed by atoms with Gasteiger partial charge in [0.05, 0.1) is 6.04 Å². The van der Waals surface area contributed by atoms with E-state index in [-0.39, 0.29) is 11.7 Å². The minimum atomic E-state index is -0.555. The van der Waals surface area contributed by atoms with E-state index < -0.39 is 6.04 Å². The van der Waals surface area contributed by atoms with Crippen LogP contribution < -0.4 is 11.1 Å². The molecule has 98 valence electrons. The summed E-state index contributed by atoms with van der Waals surface area (Å²) in [6.45, 7) is 2.55. The van der Waals surface area contributed by atoms with Gasteiger partial charge < -0.3 is 16.2 Å². The lowest BCUT2D eigenvalue weighted by molar-refractivity contribution is -0.122. The number of carbonyl (C=O) groups is 1. The summed E-state index contributed by atoms with van der Waals surface area (Å²) in [7, 11) is 0. The van der Waals surface area contributed by atoms with Crippen LogP contribution in [-0.4, -0.2) is 23.6 Å². The third-order valence-electron chi connectivity index (χ3n) is 2.57. The molecule has 0 saturated carbocycles. The van der Waals surface area contributed by atoms with Gasteiger partial charge in [0, 0.05) is 6.54 Å². The van der Waals surface area contributed by atoms with Gasteiger partial charge in [-0.15, -0.1) is 0 Å². The Labute approximate surface area is 108 Å². The molecular formula is C14H20N2O2. The number of hydrogen-bond donors (Lipinski definition) is 3. The van der Waals surface area contributed by atoms with Crippen LogP contribution in [0.4, 0.5) is 0 Å². The number of benzene rings is 1. The van der Waals surface area contributed by atoms with E-state index in [1.165, 1.54) is 0 Å². The summed E-state index contributed by atoms with van der Waals surface area (Å²) in [6, 6.07) is 6.16. The van der Waals surface area contributed by atoms with Crippen molar-refractivity contribution in [2.75, 3.05) is 6.54 Å². The summed E-state index contributed by atoms with van der Waals surface area (Å²) >= 11 is 0. The van der Waals surface area contributed by atoms with Crippen LogP contribution in [0.1, 0.15) is 18.9 Å². The van der Waals surface area contributed by atoms with Crippen LogP contribution >= 0.6 is 0 Å². The van der Waals surface area contributed by atoms with Crippen molar-refractivity contribution in [2.24, 2.45) is 5.73 Å². The number of phenols is 1. The fourth-order valence-electron chi connectivity index (χ4n) is 1.56. The first-order chi connectivity index (χ1) is 8.63. The predicted molar refractivity (Wildman–Crippen MR) is 72.2 cm³/mol. The molecule has 1 amide bonds. The number of aromatic hydroxyl groups is 1. The molecule has 0 aliphatic carbocycles. The lowest BCUT2D eigenvalue weighted by atomic mass is 10.1. The van der Waals surface area contributed by atoms with Crippen molar-refractivity contribution in [1.29, 1.82) is 0 Å². The fraction of sp³-hybridized carbons (Fsp3) is 0.357. The van der Waals surface area contributed by atoms with Crippen molar-refractivity contribution in [1.82, 2.24) is 5.32 Å². The smallest absolute Gasteiger partial charge is 0.237 e. The molecule has 4 nitrogen and oxygen atoms in total. The summed E-state index contributed by atoms with van der Waals surface area (Å²) in [5.41, 5.74) is 6.74. The number of allylic oxidation sites excluding steroid dienone is 1. The molecule has 1 aromatic carbocycles. The van der Waals surface area contributed by atoms with Gasteiger partial charge in [0.25, 0.3) is 0 Å². The number of rotatable bonds is 6. The third kappa shape index (κ3) is 5.01. The molecule has 1 atom stereocenters. The van der Waals surface area contributed by atoms with Gasteiger partial charge in [-0.3, -0.25) is 4.79 Å². The number of nitrogens with two attached hydrogens (primary N) is 1. The molecule has 0 aliphatic heterocycles. The molecule has 0 aliphatic rings. The van der Waals surface area contributed by atoms with E-state index in [4.69, 9.17) is 10.8 Å². The number of hydrogen-bond acceptors (Lipinski definition) is 3. The molecule has 0 saturated heterocycles. The number of carbonyl (C=O) groups excluding carboxylic acids is 1. The Balaban J connectivity index is 2.37. The van der Waals surface area contributed by atoms with Crippen LogP contribution in [0.2, 0.25) is 0 Å². The van der Waals surface area contributed by atoms with Crippen molar-refractivity contribution in [3.8, 4) is 5.75 Å². The van der Waals surface area contributed by atoms with E-state index in [1.807, 2.05) is 19.1 Å². The Bertz CT molecular complexity index is 399. The quantitative estimate of drug-likeness (QED) is 0.525. The van der Waals surface area contributed by atoms with Gasteiger partial charge >= 0.3 is 0 Å². The van der Waals surface area contributed by atoms with Crippen LogP contribution in [0.3, 0.4) is 0 Å². The first-order valence-electron chi connectivity index (χ1n) is 6.06. The van der Waals surface area contributed by atoms with E-state index >= 15 is 0 Å². The second kappa shape index (κ2) is 7.50. The maximum absolute atomic E-state index is 11.7. The lowest BCUT2D eigenvalue weighted by Gasteiger charge is -2.11. The van der Waals surface area contributed by atoms with E-state index in [0.29, 0.717) is 13.0 Å². The maximum atomic E-state index is 11.7. The van der Waals surface area contributed by atoms with E-state index in [2.05, 4.69) is 5.32 Å². The molecule has 0 radical (unpaired) electrons. The summed E-state index contributed by atoms with van der Waals surface area (Å²) in [5, 5.41) is 11.9. The standard InChI is InChI=1S/C14H20N2O2/c1-2-3-4-9-16-14(18)13(15)10-11-5-7-12(17)8-6-11/h2-3,5-8,13,17H,4,9-10,15H2,1H3,(H,16,18)/b3-2+/t13-/m1/s1. The Morgan fingerprint density at radius 3 is 2.72 bits per heavy atom. The second-order valence-electron chi connectivity index (χ2n) is 4.13. The molecular weight excluding hydrogens is 228 g/mol. The summed E-state index contributed by atoms with van der Waals surface area (Å²) in [5.74, 6) is 0.0655. The van der Waals surface area contributed by atoms with Crippen molar-refractivity contribution >= 4 is 5.91 Å². The summed E-state index contributed by atoms with van der Waals surface area (Å²) < 4.78 is 0. The van der Waals surface area contributed by atoms with Crippen LogP contribution in [0.25, 0.3) is 0 Å². The van der Waals surface area contributed by atoms with Crippen LogP contribution in [-0.2, 0) is 11.2 Å². The van der Waals surface area contributed by atoms with Gasteiger partial charge in [-0.05, 0) is 37.5 Å². The Kier molecular flexibility index (Phi) is 5.94. The SMILES string of the molecule is C/C=C/CCNC(=O)[C@H](N)Cc1ccc(O)cc1. The van der Waals surface area contributed by atoms with Crippen molar-refractivity contribution in [3.05, 3.63) is 42.0 Å². The highest BCUT2D eigenvalue weighted by molar-refractivity contribution is 5.81. The predicted octanol–water partition coefficient (Wildman–Crippen LogP) is 1.34. The van der Waals surface area contributed by atoms with Gasteiger partial charge in [-0.25, -0.2) is 0 Å². The van der Waals surface area contributed by atoms with E-state index in [9.17, 15) is 4.79 Å². The zero-order chi connectivity index (χ0) is 13.4. The first kappa shape index (κ1) is 14.3. The van der Waals surface area contributed by atoms with Gasteiger partial charge in [0.15, 0.2) is 0 Å². The molecule has 18 heavy (non-hydrogen) atoms. The van der Waals surface area contributed by atoms with E-state index in [0.717, 1.165) is 12.0 Å². The average Bonchev–Trinajstić information content (AvgIpc) is 2.37. The van der Waals surface area contributed by atoms with Gasteiger partial charge in [-0.1, -0.05) is 24.3 Å². The molecule has 0 heterocycles. The Hall–Kier alpha value is -1.81. The number of nitrogens with one attached hydrogen (secondary N) is 1. The summed E-state index contributed by atoms with van der Waals surface area (Å²) in [6.07, 6.45) is 5.22. The number of amides is 1. The minimum absolute atomic E-state index is 0.146. The number of phenolic OH excluding ortho intramolecular Hbond substituents is 1. The Morgan fingerprint density at radius 1 is 1.44 bits per heavy atom. The molecule has 1 aromatic rings. The van der Waals surface area contributed by atoms with E-state index in [1.54, 1.807) is 24.3 Å². The zero-order valence-electron chi connectivity index (χ0n) is 10.6. The molecule has 0 fully saturated rings. The molecule has 0 unspecified atom stereocenters. The first-order valence-corrected chi connectivity index (χ1v) is 6.06. The van der Waals surface area contributed by atoms with Gasteiger partial charge in [-0.2, -0.15) is 0 Å². The summed E-state index contributed by atoms with van der Waals surface area (Å²) in [4.78, 5) is 11.7. The third-order valence-corrected chi connectivity index (χ3v) is 2.57. The maximum Gasteiger partial charge on any atom is 0.237 e. The average molecular weight is 248 g/mol. The zero-order valence-corrected chi connectivity index (χ0v) is 10.6. The monoisotopic (exact) mass is 248 g/mol. The second-order valence-corrected chi connectivity index (χ2v) is 4.13. The molecule has 4 heteroatoms. The van der Waals surface area contributed by atoms with Crippen molar-refractivity contribution in [3.63, 3.8) is 0 Å². The van der Waals surface area contributed by atoms with Crippen molar-refractivity contribution < 1.29 is 9.90 Å². The van der Waals surface area contributed by atoms with Crippen LogP contribution in [0.5, 0.6) is 5.75 Å². The van der Waals surface area contributed by atoms with Gasteiger partial charge in [0.2, 0.25) is 5.91 Å². The highest BCUT2D eigenvalue weighted by Gasteiger charge is 2.12. The lowest BCUT2D eigenvalue weighted by Crippen LogP contribution is -2.42. The molecule has 0 spiro atoms. The van der Waals surface area contributed by atoms with Crippen molar-refractivity contribution in [2.45, 2.75) is 25.8 Å². The molecule has 1 rings (SSSR count). The largest absolute Gasteiger partial charge is 0.508 e. The molecule has 4 N–H and O–H groups in total. The highest BCUT2D eigenvalue weighted by atomic mass is 16.3. The van der Waals surface area contributed by atoms with Crippen LogP contribution in [0, 0.1) is 0 Å². The topological polar surface area (TPSA) is 75.4 Å². The minimum Gasteiger partial charge on any atom is -0.508 e. The molecule has 0 bridgehead atoms. The highest BCUT2D eigenvalue weighted by Crippen LogP contribution is 2.10. The molecule has 0 aromatic heterocycles. The Morgan fingerprint density at radius 2 is 2.11 bits per heavy atom. The normalized spacial score (nSPS) is 12.6. The fourth-order valence-corrected chi connectivity index (χ4v) is 1.56.